The average molecular weight is 242 g/mol. The minimum Gasteiger partial charge on any atom is -0.303 e. The molecule has 1 fully saturated rings. The summed E-state index contributed by atoms with van der Waals surface area (Å²) < 4.78 is 1.92. The molecule has 1 saturated heterocycles. The Balaban J connectivity index is 1.61. The number of fused-ring (bicyclic) bond motifs is 1. The van der Waals surface area contributed by atoms with Crippen LogP contribution in [0.25, 0.3) is 11.6 Å². The summed E-state index contributed by atoms with van der Waals surface area (Å²) >= 11 is 0. The molecule has 0 amide bonds. The molecule has 0 unspecified atom stereocenters. The number of aromatic nitrogens is 3. The molecule has 0 N–H and O–H groups in total. The lowest BCUT2D eigenvalue weighted by Gasteiger charge is -2.11. The van der Waals surface area contributed by atoms with Crippen molar-refractivity contribution in [1.82, 2.24) is 19.5 Å². The highest BCUT2D eigenvalue weighted by atomic mass is 15.2. The lowest BCUT2D eigenvalue weighted by atomic mass is 10.3. The van der Waals surface area contributed by atoms with E-state index in [1.54, 1.807) is 6.33 Å². The van der Waals surface area contributed by atoms with E-state index < -0.39 is 0 Å². The van der Waals surface area contributed by atoms with Gasteiger partial charge in [-0.1, -0.05) is 6.08 Å². The molecule has 4 heteroatoms. The second-order valence-corrected chi connectivity index (χ2v) is 4.74. The first kappa shape index (κ1) is 11.4. The van der Waals surface area contributed by atoms with Gasteiger partial charge in [0.2, 0.25) is 0 Å². The summed E-state index contributed by atoms with van der Waals surface area (Å²) in [6.07, 6.45) is 11.6. The summed E-state index contributed by atoms with van der Waals surface area (Å²) in [6.45, 7) is 3.72. The Morgan fingerprint density at radius 3 is 3.00 bits per heavy atom. The van der Waals surface area contributed by atoms with Crippen molar-refractivity contribution in [3.8, 4) is 0 Å². The van der Waals surface area contributed by atoms with Gasteiger partial charge in [-0.25, -0.2) is 9.50 Å². The van der Waals surface area contributed by atoms with Gasteiger partial charge in [0.25, 0.3) is 0 Å². The van der Waals surface area contributed by atoms with Gasteiger partial charge >= 0.3 is 0 Å². The fraction of sp³-hybridized carbons (Fsp3) is 0.429. The van der Waals surface area contributed by atoms with E-state index in [0.717, 1.165) is 17.6 Å². The highest BCUT2D eigenvalue weighted by Crippen LogP contribution is 2.10. The Kier molecular flexibility index (Phi) is 3.37. The van der Waals surface area contributed by atoms with Gasteiger partial charge in [0, 0.05) is 6.54 Å². The van der Waals surface area contributed by atoms with E-state index in [1.807, 2.05) is 16.8 Å². The van der Waals surface area contributed by atoms with Crippen LogP contribution in [0.3, 0.4) is 0 Å². The summed E-state index contributed by atoms with van der Waals surface area (Å²) in [7, 11) is 0. The maximum atomic E-state index is 4.24. The Morgan fingerprint density at radius 1 is 1.22 bits per heavy atom. The third-order valence-electron chi connectivity index (χ3n) is 3.45. The van der Waals surface area contributed by atoms with Crippen LogP contribution in [-0.2, 0) is 0 Å². The van der Waals surface area contributed by atoms with Crippen LogP contribution in [0.15, 0.2) is 30.7 Å². The van der Waals surface area contributed by atoms with Crippen molar-refractivity contribution < 1.29 is 0 Å². The molecule has 0 bridgehead atoms. The largest absolute Gasteiger partial charge is 0.303 e. The lowest BCUT2D eigenvalue weighted by molar-refractivity contribution is 0.346. The maximum absolute atomic E-state index is 4.24. The Hall–Kier alpha value is -1.68. The van der Waals surface area contributed by atoms with Crippen molar-refractivity contribution in [1.29, 1.82) is 0 Å². The molecule has 0 saturated carbocycles. The molecule has 3 rings (SSSR count). The number of hydrogen-bond acceptors (Lipinski definition) is 3. The molecule has 0 aromatic carbocycles. The van der Waals surface area contributed by atoms with Crippen LogP contribution in [0.1, 0.15) is 25.0 Å². The van der Waals surface area contributed by atoms with E-state index in [4.69, 9.17) is 0 Å². The maximum Gasteiger partial charge on any atom is 0.136 e. The third-order valence-corrected chi connectivity index (χ3v) is 3.45. The van der Waals surface area contributed by atoms with E-state index in [-0.39, 0.29) is 0 Å². The quantitative estimate of drug-likeness (QED) is 0.824. The fourth-order valence-corrected chi connectivity index (χ4v) is 2.48. The van der Waals surface area contributed by atoms with Crippen molar-refractivity contribution in [2.45, 2.75) is 19.3 Å². The summed E-state index contributed by atoms with van der Waals surface area (Å²) in [5.41, 5.74) is 2.16. The van der Waals surface area contributed by atoms with E-state index in [0.29, 0.717) is 0 Å². The normalized spacial score (nSPS) is 17.1. The van der Waals surface area contributed by atoms with Gasteiger partial charge in [-0.15, -0.1) is 0 Å². The van der Waals surface area contributed by atoms with Gasteiger partial charge in [0.1, 0.15) is 6.33 Å². The molecule has 18 heavy (non-hydrogen) atoms. The van der Waals surface area contributed by atoms with Crippen LogP contribution in [0.4, 0.5) is 0 Å². The Labute approximate surface area is 107 Å². The van der Waals surface area contributed by atoms with Crippen LogP contribution in [0.2, 0.25) is 0 Å². The van der Waals surface area contributed by atoms with E-state index in [2.05, 4.69) is 33.2 Å². The molecule has 1 aliphatic rings. The lowest BCUT2D eigenvalue weighted by Crippen LogP contribution is -2.19. The minimum absolute atomic E-state index is 1.04. The molecule has 0 spiro atoms. The second kappa shape index (κ2) is 5.31. The zero-order valence-electron chi connectivity index (χ0n) is 10.5. The summed E-state index contributed by atoms with van der Waals surface area (Å²) in [6, 6.07) is 4.12. The van der Waals surface area contributed by atoms with Gasteiger partial charge in [-0.2, -0.15) is 5.10 Å². The first-order valence-corrected chi connectivity index (χ1v) is 6.60. The Morgan fingerprint density at radius 2 is 2.11 bits per heavy atom. The zero-order chi connectivity index (χ0) is 12.2. The summed E-state index contributed by atoms with van der Waals surface area (Å²) in [5, 5.41) is 4.24. The minimum atomic E-state index is 1.04. The molecule has 2 aromatic rings. The molecular formula is C14H18N4. The smallest absolute Gasteiger partial charge is 0.136 e. The number of hydrogen-bond donors (Lipinski definition) is 0. The van der Waals surface area contributed by atoms with Crippen LogP contribution >= 0.6 is 0 Å². The van der Waals surface area contributed by atoms with Gasteiger partial charge < -0.3 is 4.90 Å². The van der Waals surface area contributed by atoms with Crippen LogP contribution in [-0.4, -0.2) is 39.1 Å². The number of rotatable bonds is 4. The summed E-state index contributed by atoms with van der Waals surface area (Å²) in [4.78, 5) is 6.54. The van der Waals surface area contributed by atoms with E-state index >= 15 is 0 Å². The average Bonchev–Trinajstić information content (AvgIpc) is 3.04. The molecule has 3 heterocycles. The second-order valence-electron chi connectivity index (χ2n) is 4.74. The fourth-order valence-electron chi connectivity index (χ4n) is 2.48. The van der Waals surface area contributed by atoms with Crippen molar-refractivity contribution in [3.63, 3.8) is 0 Å². The van der Waals surface area contributed by atoms with Gasteiger partial charge in [-0.3, -0.25) is 0 Å². The third kappa shape index (κ3) is 2.43. The Bertz CT molecular complexity index is 537. The molecule has 4 nitrogen and oxygen atoms in total. The van der Waals surface area contributed by atoms with Crippen molar-refractivity contribution in [3.05, 3.63) is 36.4 Å². The summed E-state index contributed by atoms with van der Waals surface area (Å²) in [5.74, 6) is 0. The van der Waals surface area contributed by atoms with Gasteiger partial charge in [-0.05, 0) is 50.6 Å². The highest BCUT2D eigenvalue weighted by molar-refractivity contribution is 5.55. The first-order chi connectivity index (χ1) is 8.93. The SMILES string of the molecule is C(=C/c1ccc2cncnn12)/CCN1CCCC1. The van der Waals surface area contributed by atoms with E-state index in [9.17, 15) is 0 Å². The predicted octanol–water partition coefficient (Wildman–Crippen LogP) is 2.23. The van der Waals surface area contributed by atoms with E-state index in [1.165, 1.54) is 32.5 Å². The standard InChI is InChI=1S/C14H18N4/c1(2-8-17-9-3-4-10-17)5-13-6-7-14-11-15-12-16-18(13)14/h1,5-7,11-12H,2-4,8-10H2/b5-1-. The zero-order valence-corrected chi connectivity index (χ0v) is 10.5. The molecule has 94 valence electrons. The van der Waals surface area contributed by atoms with Gasteiger partial charge in [0.05, 0.1) is 17.4 Å². The molecule has 0 aliphatic carbocycles. The molecule has 1 aliphatic heterocycles. The molecular weight excluding hydrogens is 224 g/mol. The topological polar surface area (TPSA) is 33.4 Å². The molecule has 0 atom stereocenters. The number of likely N-dealkylation sites (tertiary alicyclic amines) is 1. The monoisotopic (exact) mass is 242 g/mol. The van der Waals surface area contributed by atoms with Gasteiger partial charge in [0.15, 0.2) is 0 Å². The van der Waals surface area contributed by atoms with Crippen molar-refractivity contribution >= 4 is 11.6 Å². The van der Waals surface area contributed by atoms with Crippen LogP contribution in [0.5, 0.6) is 0 Å². The molecule has 0 radical (unpaired) electrons. The number of nitrogens with zero attached hydrogens (tertiary/aromatic N) is 4. The predicted molar refractivity (Wildman–Crippen MR) is 72.3 cm³/mol. The van der Waals surface area contributed by atoms with Crippen molar-refractivity contribution in [2.24, 2.45) is 0 Å². The highest BCUT2D eigenvalue weighted by Gasteiger charge is 2.09. The van der Waals surface area contributed by atoms with Crippen LogP contribution < -0.4 is 0 Å². The molecule has 2 aromatic heterocycles. The van der Waals surface area contributed by atoms with Crippen LogP contribution in [0, 0.1) is 0 Å². The van der Waals surface area contributed by atoms with Crippen molar-refractivity contribution in [2.75, 3.05) is 19.6 Å². The first-order valence-electron chi connectivity index (χ1n) is 6.60.